The quantitative estimate of drug-likeness (QED) is 0.367. The molecule has 0 amide bonds. The highest BCUT2D eigenvalue weighted by Gasteiger charge is 2.17. The molecule has 1 rings (SSSR count). The van der Waals surface area contributed by atoms with Gasteiger partial charge in [-0.15, -0.1) is 0 Å². The van der Waals surface area contributed by atoms with E-state index in [0.29, 0.717) is 0 Å². The van der Waals surface area contributed by atoms with Crippen molar-refractivity contribution in [3.63, 3.8) is 0 Å². The fourth-order valence-corrected chi connectivity index (χ4v) is 1.07. The van der Waals surface area contributed by atoms with Gasteiger partial charge in [0, 0.05) is 12.1 Å². The number of hydrogen-bond donors (Lipinski definition) is 0. The molecule has 0 fully saturated rings. The monoisotopic (exact) mass is 279 g/mol. The first-order chi connectivity index (χ1) is 8.83. The van der Waals surface area contributed by atoms with Crippen molar-refractivity contribution in [3.05, 3.63) is 33.9 Å². The van der Waals surface area contributed by atoms with Crippen LogP contribution >= 0.6 is 0 Å². The van der Waals surface area contributed by atoms with Gasteiger partial charge in [0.1, 0.15) is 0 Å². The molecule has 104 valence electrons. The second-order valence-electron chi connectivity index (χ2n) is 2.88. The molecule has 0 saturated heterocycles. The van der Waals surface area contributed by atoms with Crippen LogP contribution in [0.4, 0.5) is 18.6 Å². The summed E-state index contributed by atoms with van der Waals surface area (Å²) < 4.78 is 38.3. The van der Waals surface area contributed by atoms with E-state index in [2.05, 4.69) is 4.74 Å². The van der Waals surface area contributed by atoms with Gasteiger partial charge < -0.3 is 9.47 Å². The van der Waals surface area contributed by atoms with Crippen LogP contribution < -0.4 is 4.74 Å². The summed E-state index contributed by atoms with van der Waals surface area (Å²) in [7, 11) is -1.14. The topological polar surface area (TPSA) is 78.7 Å². The zero-order chi connectivity index (χ0) is 15.0. The third-order valence-electron chi connectivity index (χ3n) is 1.80. The lowest BCUT2D eigenvalue weighted by atomic mass is 10.2. The Morgan fingerprint density at radius 3 is 2.21 bits per heavy atom. The van der Waals surface area contributed by atoms with Gasteiger partial charge in [0.2, 0.25) is 0 Å². The number of carbonyl (C=O) groups is 1. The Kier molecular flexibility index (Phi) is 7.01. The standard InChI is InChI=1S/C9H9NO5.BF3/c1-14-8-5-6(9(11)15-2)3-4-7(8)10(12)13;2-1(3)4/h3-5H,1-2H3;. The molecule has 0 aliphatic rings. The van der Waals surface area contributed by atoms with Gasteiger partial charge in [-0.2, -0.15) is 0 Å². The zero-order valence-electron chi connectivity index (χ0n) is 9.93. The zero-order valence-corrected chi connectivity index (χ0v) is 9.93. The van der Waals surface area contributed by atoms with Crippen LogP contribution in [0.5, 0.6) is 5.75 Å². The van der Waals surface area contributed by atoms with Crippen molar-refractivity contribution >= 4 is 19.2 Å². The van der Waals surface area contributed by atoms with E-state index in [4.69, 9.17) is 4.74 Å². The Hall–Kier alpha value is -2.26. The van der Waals surface area contributed by atoms with Gasteiger partial charge in [-0.05, 0) is 6.07 Å². The molecule has 0 bridgehead atoms. The molecule has 6 nitrogen and oxygen atoms in total. The van der Waals surface area contributed by atoms with Gasteiger partial charge in [0.05, 0.1) is 24.7 Å². The molecule has 0 heterocycles. The van der Waals surface area contributed by atoms with Crippen LogP contribution in [0.25, 0.3) is 0 Å². The van der Waals surface area contributed by atoms with Crippen molar-refractivity contribution in [2.75, 3.05) is 14.2 Å². The summed E-state index contributed by atoms with van der Waals surface area (Å²) in [6, 6.07) is 3.78. The fraction of sp³-hybridized carbons (Fsp3) is 0.222. The molecule has 0 saturated carbocycles. The van der Waals surface area contributed by atoms with Crippen molar-refractivity contribution in [1.82, 2.24) is 0 Å². The van der Waals surface area contributed by atoms with Crippen LogP contribution in [0.15, 0.2) is 18.2 Å². The van der Waals surface area contributed by atoms with E-state index < -0.39 is 18.4 Å². The number of rotatable bonds is 3. The number of hydrogen-bond acceptors (Lipinski definition) is 5. The van der Waals surface area contributed by atoms with Crippen molar-refractivity contribution in [1.29, 1.82) is 0 Å². The largest absolute Gasteiger partial charge is 0.762 e. The van der Waals surface area contributed by atoms with Crippen LogP contribution in [-0.4, -0.2) is 32.7 Å². The Bertz CT molecular complexity index is 455. The summed E-state index contributed by atoms with van der Waals surface area (Å²) in [5.41, 5.74) is 0.0186. The van der Waals surface area contributed by atoms with Crippen LogP contribution in [-0.2, 0) is 4.74 Å². The summed E-state index contributed by atoms with van der Waals surface area (Å²) >= 11 is 0. The summed E-state index contributed by atoms with van der Waals surface area (Å²) in [5.74, 6) is -0.536. The molecular weight excluding hydrogens is 270 g/mol. The maximum absolute atomic E-state index is 11.1. The third kappa shape index (κ3) is 5.75. The highest BCUT2D eigenvalue weighted by Crippen LogP contribution is 2.27. The molecule has 19 heavy (non-hydrogen) atoms. The predicted molar refractivity (Wildman–Crippen MR) is 60.1 cm³/mol. The Morgan fingerprint density at radius 1 is 1.32 bits per heavy atom. The van der Waals surface area contributed by atoms with Gasteiger partial charge in [0.25, 0.3) is 0 Å². The van der Waals surface area contributed by atoms with E-state index in [1.54, 1.807) is 0 Å². The second kappa shape index (κ2) is 7.95. The molecule has 0 unspecified atom stereocenters. The molecule has 1 aromatic rings. The van der Waals surface area contributed by atoms with E-state index in [1.165, 1.54) is 32.4 Å². The molecule has 0 aliphatic heterocycles. The molecule has 0 N–H and O–H groups in total. The van der Waals surface area contributed by atoms with Crippen LogP contribution in [0, 0.1) is 10.1 Å². The van der Waals surface area contributed by atoms with Crippen LogP contribution in [0.1, 0.15) is 10.4 Å². The number of halogens is 3. The normalized spacial score (nSPS) is 8.89. The average molecular weight is 279 g/mol. The Balaban J connectivity index is 0.000000711. The highest BCUT2D eigenvalue weighted by molar-refractivity contribution is 6.33. The first-order valence-corrected chi connectivity index (χ1v) is 4.66. The minimum Gasteiger partial charge on any atom is -0.490 e. The van der Waals surface area contributed by atoms with Gasteiger partial charge >= 0.3 is 19.2 Å². The van der Waals surface area contributed by atoms with Crippen LogP contribution in [0.2, 0.25) is 0 Å². The number of methoxy groups -OCH3 is 2. The fourth-order valence-electron chi connectivity index (χ4n) is 1.07. The van der Waals surface area contributed by atoms with E-state index >= 15 is 0 Å². The van der Waals surface area contributed by atoms with Gasteiger partial charge in [-0.3, -0.25) is 23.1 Å². The number of carbonyl (C=O) groups excluding carboxylic acids is 1. The lowest BCUT2D eigenvalue weighted by Crippen LogP contribution is -2.02. The van der Waals surface area contributed by atoms with Crippen molar-refractivity contribution in [2.24, 2.45) is 0 Å². The highest BCUT2D eigenvalue weighted by atomic mass is 19.4. The number of nitrogens with zero attached hydrogens (tertiary/aromatic N) is 1. The molecule has 1 aromatic carbocycles. The lowest BCUT2D eigenvalue weighted by molar-refractivity contribution is -0.385. The number of benzene rings is 1. The van der Waals surface area contributed by atoms with Gasteiger partial charge in [-0.1, -0.05) is 0 Å². The lowest BCUT2D eigenvalue weighted by Gasteiger charge is -2.03. The molecular formula is C9H9BF3NO5. The summed E-state index contributed by atoms with van der Waals surface area (Å²) in [6.45, 7) is 0. The number of nitro groups is 1. The molecule has 0 aromatic heterocycles. The second-order valence-corrected chi connectivity index (χ2v) is 2.88. The minimum atomic E-state index is -3.67. The molecule has 0 spiro atoms. The first kappa shape index (κ1) is 16.7. The molecule has 10 heteroatoms. The summed E-state index contributed by atoms with van der Waals surface area (Å²) in [4.78, 5) is 21.1. The van der Waals surface area contributed by atoms with Crippen molar-refractivity contribution in [2.45, 2.75) is 0 Å². The Morgan fingerprint density at radius 2 is 1.84 bits per heavy atom. The number of esters is 1. The van der Waals surface area contributed by atoms with Gasteiger partial charge in [-0.25, -0.2) is 4.79 Å². The summed E-state index contributed by atoms with van der Waals surface area (Å²) in [5, 5.41) is 10.5. The van der Waals surface area contributed by atoms with Gasteiger partial charge in [0.15, 0.2) is 5.75 Å². The minimum absolute atomic E-state index is 0.0305. The maximum atomic E-state index is 11.1. The van der Waals surface area contributed by atoms with Crippen molar-refractivity contribution in [3.8, 4) is 5.75 Å². The van der Waals surface area contributed by atoms with E-state index in [0.717, 1.165) is 0 Å². The smallest absolute Gasteiger partial charge is 0.490 e. The predicted octanol–water partition coefficient (Wildman–Crippen LogP) is 2.27. The number of nitro benzene ring substituents is 1. The third-order valence-corrected chi connectivity index (χ3v) is 1.80. The first-order valence-electron chi connectivity index (χ1n) is 4.66. The number of ether oxygens (including phenoxy) is 2. The van der Waals surface area contributed by atoms with E-state index in [1.807, 2.05) is 0 Å². The molecule has 0 atom stereocenters. The van der Waals surface area contributed by atoms with E-state index in [-0.39, 0.29) is 17.0 Å². The maximum Gasteiger partial charge on any atom is 0.762 e. The van der Waals surface area contributed by atoms with Crippen LogP contribution in [0.3, 0.4) is 0 Å². The summed E-state index contributed by atoms with van der Waals surface area (Å²) in [6.07, 6.45) is 0. The molecule has 0 radical (unpaired) electrons. The SMILES string of the molecule is COC(=O)c1ccc([N+](=O)[O-])c(OC)c1.FB(F)F. The molecule has 0 aliphatic carbocycles. The van der Waals surface area contributed by atoms with E-state index in [9.17, 15) is 27.9 Å². The van der Waals surface area contributed by atoms with Crippen molar-refractivity contribution < 1.29 is 32.1 Å². The average Bonchev–Trinajstić information content (AvgIpc) is 2.36. The Labute approximate surface area is 106 Å².